The molecule has 0 heterocycles. The van der Waals surface area contributed by atoms with Crippen molar-refractivity contribution in [3.8, 4) is 0 Å². The second-order valence-electron chi connectivity index (χ2n) is 8.20. The molecule has 0 saturated heterocycles. The monoisotopic (exact) mass is 518 g/mol. The maximum absolute atomic E-state index is 6.22. The van der Waals surface area contributed by atoms with Crippen LogP contribution in [0.5, 0.6) is 0 Å². The Morgan fingerprint density at radius 2 is 0.757 bits per heavy atom. The third-order valence-electron chi connectivity index (χ3n) is 5.31. The van der Waals surface area contributed by atoms with Gasteiger partial charge >= 0.3 is 0 Å². The van der Waals surface area contributed by atoms with Crippen LogP contribution in [-0.2, 0) is 0 Å². The van der Waals surface area contributed by atoms with Crippen LogP contribution in [0.4, 0.5) is 11.4 Å². The van der Waals surface area contributed by atoms with Crippen LogP contribution in [0, 0.1) is 0 Å². The summed E-state index contributed by atoms with van der Waals surface area (Å²) < 4.78 is 0. The Kier molecular flexibility index (Phi) is 11.3. The molecule has 0 aliphatic carbocycles. The summed E-state index contributed by atoms with van der Waals surface area (Å²) in [6.07, 6.45) is 1.90. The SMILES string of the molecule is CCCN=C(N)c1ccc(N=C(N)c2ccc(N=C(N)c3ccc(C(N)=NCCC)cc3)cc2)cc1.Cl. The fourth-order valence-corrected chi connectivity index (χ4v) is 3.28. The molecular weight excluding hydrogens is 484 g/mol. The molecule has 0 saturated carbocycles. The number of aliphatic imine (C=N–C) groups is 4. The van der Waals surface area contributed by atoms with E-state index in [-0.39, 0.29) is 12.4 Å². The van der Waals surface area contributed by atoms with Gasteiger partial charge in [0.25, 0.3) is 0 Å². The third kappa shape index (κ3) is 8.47. The molecule has 0 bridgehead atoms. The molecule has 8 N–H and O–H groups in total. The standard InChI is InChI=1S/C28H34N8.ClH/c1-3-17-33-25(29)19-5-7-21(8-6-19)27(31)35-24-15-11-22(12-16-24)28(32)36-23-13-9-20(10-14-23)26(30)34-18-4-2;/h5-16H,3-4,17-18H2,1-2H3,(H2,29,33)(H2,30,34)(H2,31,35)(H2,32,36);1H. The lowest BCUT2D eigenvalue weighted by Gasteiger charge is -2.06. The van der Waals surface area contributed by atoms with E-state index in [1.54, 1.807) is 0 Å². The molecule has 3 aromatic rings. The molecule has 0 aromatic heterocycles. The number of halogens is 1. The normalized spacial score (nSPS) is 12.8. The topological polar surface area (TPSA) is 154 Å². The van der Waals surface area contributed by atoms with Crippen molar-refractivity contribution >= 4 is 47.1 Å². The average molecular weight is 519 g/mol. The Labute approximate surface area is 224 Å². The van der Waals surface area contributed by atoms with E-state index in [1.807, 2.05) is 72.8 Å². The van der Waals surface area contributed by atoms with Crippen LogP contribution in [0.1, 0.15) is 48.9 Å². The van der Waals surface area contributed by atoms with Gasteiger partial charge in [-0.15, -0.1) is 12.4 Å². The highest BCUT2D eigenvalue weighted by molar-refractivity contribution is 6.02. The molecule has 0 spiro atoms. The van der Waals surface area contributed by atoms with Crippen molar-refractivity contribution in [2.24, 2.45) is 42.9 Å². The number of nitrogens with zero attached hydrogens (tertiary/aromatic N) is 4. The maximum atomic E-state index is 6.22. The molecule has 37 heavy (non-hydrogen) atoms. The second kappa shape index (κ2) is 14.4. The molecule has 0 radical (unpaired) electrons. The van der Waals surface area contributed by atoms with E-state index in [2.05, 4.69) is 33.8 Å². The van der Waals surface area contributed by atoms with E-state index >= 15 is 0 Å². The van der Waals surface area contributed by atoms with Gasteiger partial charge in [0.2, 0.25) is 0 Å². The summed E-state index contributed by atoms with van der Waals surface area (Å²) in [5.41, 5.74) is 29.2. The fraction of sp³-hybridized carbons (Fsp3) is 0.214. The molecule has 0 aliphatic heterocycles. The summed E-state index contributed by atoms with van der Waals surface area (Å²) in [6, 6.07) is 22.5. The summed E-state index contributed by atoms with van der Waals surface area (Å²) in [4.78, 5) is 17.7. The quantitative estimate of drug-likeness (QED) is 0.232. The lowest BCUT2D eigenvalue weighted by molar-refractivity contribution is 0.930. The van der Waals surface area contributed by atoms with Crippen molar-refractivity contribution in [3.63, 3.8) is 0 Å². The molecule has 8 nitrogen and oxygen atoms in total. The van der Waals surface area contributed by atoms with Gasteiger partial charge in [-0.05, 0) is 61.4 Å². The molecule has 0 fully saturated rings. The van der Waals surface area contributed by atoms with Crippen molar-refractivity contribution in [3.05, 3.63) is 95.1 Å². The molecular formula is C28H35ClN8. The van der Waals surface area contributed by atoms with Crippen LogP contribution in [0.3, 0.4) is 0 Å². The van der Waals surface area contributed by atoms with Crippen molar-refractivity contribution in [2.75, 3.05) is 13.1 Å². The van der Waals surface area contributed by atoms with E-state index < -0.39 is 0 Å². The first-order valence-electron chi connectivity index (χ1n) is 12.0. The van der Waals surface area contributed by atoms with Gasteiger partial charge in [0, 0.05) is 35.3 Å². The lowest BCUT2D eigenvalue weighted by Crippen LogP contribution is -2.16. The molecule has 3 rings (SSSR count). The van der Waals surface area contributed by atoms with Gasteiger partial charge in [-0.3, -0.25) is 9.98 Å². The van der Waals surface area contributed by atoms with E-state index in [1.165, 1.54) is 0 Å². The van der Waals surface area contributed by atoms with Crippen LogP contribution < -0.4 is 22.9 Å². The molecule has 0 unspecified atom stereocenters. The molecule has 9 heteroatoms. The van der Waals surface area contributed by atoms with Crippen LogP contribution >= 0.6 is 12.4 Å². The fourth-order valence-electron chi connectivity index (χ4n) is 3.28. The Morgan fingerprint density at radius 1 is 0.486 bits per heavy atom. The van der Waals surface area contributed by atoms with Gasteiger partial charge in [-0.25, -0.2) is 9.98 Å². The Balaban J connectivity index is 0.00000481. The molecule has 0 aliphatic rings. The number of hydrogen-bond donors (Lipinski definition) is 4. The van der Waals surface area contributed by atoms with Gasteiger partial charge in [0.05, 0.1) is 11.4 Å². The van der Waals surface area contributed by atoms with E-state index in [4.69, 9.17) is 22.9 Å². The maximum Gasteiger partial charge on any atom is 0.131 e. The summed E-state index contributed by atoms with van der Waals surface area (Å²) in [5, 5.41) is 0. The van der Waals surface area contributed by atoms with E-state index in [0.29, 0.717) is 42.1 Å². The van der Waals surface area contributed by atoms with E-state index in [9.17, 15) is 0 Å². The first-order valence-corrected chi connectivity index (χ1v) is 12.0. The van der Waals surface area contributed by atoms with Gasteiger partial charge < -0.3 is 22.9 Å². The van der Waals surface area contributed by atoms with Gasteiger partial charge in [0.1, 0.15) is 23.3 Å². The zero-order valence-electron chi connectivity index (χ0n) is 21.3. The smallest absolute Gasteiger partial charge is 0.131 e. The minimum absolute atomic E-state index is 0. The highest BCUT2D eigenvalue weighted by Gasteiger charge is 2.04. The second-order valence-corrected chi connectivity index (χ2v) is 8.20. The zero-order valence-corrected chi connectivity index (χ0v) is 22.1. The number of nitrogens with two attached hydrogens (primary N) is 4. The Morgan fingerprint density at radius 3 is 1.05 bits per heavy atom. The number of benzene rings is 3. The van der Waals surface area contributed by atoms with Gasteiger partial charge in [-0.2, -0.15) is 0 Å². The van der Waals surface area contributed by atoms with E-state index in [0.717, 1.165) is 40.8 Å². The van der Waals surface area contributed by atoms with Crippen LogP contribution in [0.25, 0.3) is 0 Å². The number of hydrogen-bond acceptors (Lipinski definition) is 4. The van der Waals surface area contributed by atoms with Crippen LogP contribution in [-0.4, -0.2) is 36.4 Å². The summed E-state index contributed by atoms with van der Waals surface area (Å²) >= 11 is 0. The lowest BCUT2D eigenvalue weighted by atomic mass is 10.1. The number of amidine groups is 4. The average Bonchev–Trinajstić information content (AvgIpc) is 2.91. The first kappa shape index (κ1) is 29.1. The minimum Gasteiger partial charge on any atom is -0.384 e. The summed E-state index contributed by atoms with van der Waals surface area (Å²) in [5.74, 6) is 1.85. The molecule has 0 atom stereocenters. The predicted molar refractivity (Wildman–Crippen MR) is 159 cm³/mol. The minimum atomic E-state index is 0. The van der Waals surface area contributed by atoms with Gasteiger partial charge in [-0.1, -0.05) is 38.1 Å². The highest BCUT2D eigenvalue weighted by atomic mass is 35.5. The predicted octanol–water partition coefficient (Wildman–Crippen LogP) is 4.41. The Bertz CT molecular complexity index is 1260. The van der Waals surface area contributed by atoms with Crippen molar-refractivity contribution < 1.29 is 0 Å². The largest absolute Gasteiger partial charge is 0.384 e. The number of rotatable bonds is 10. The van der Waals surface area contributed by atoms with Crippen molar-refractivity contribution in [1.29, 1.82) is 0 Å². The van der Waals surface area contributed by atoms with Gasteiger partial charge in [0.15, 0.2) is 0 Å². The first-order chi connectivity index (χ1) is 17.4. The third-order valence-corrected chi connectivity index (χ3v) is 5.31. The molecule has 194 valence electrons. The molecule has 0 amide bonds. The summed E-state index contributed by atoms with van der Waals surface area (Å²) in [7, 11) is 0. The van der Waals surface area contributed by atoms with Crippen LogP contribution in [0.15, 0.2) is 92.8 Å². The van der Waals surface area contributed by atoms with Crippen LogP contribution in [0.2, 0.25) is 0 Å². The zero-order chi connectivity index (χ0) is 25.9. The van der Waals surface area contributed by atoms with Crippen molar-refractivity contribution in [2.45, 2.75) is 26.7 Å². The van der Waals surface area contributed by atoms with Crippen molar-refractivity contribution in [1.82, 2.24) is 0 Å². The highest BCUT2D eigenvalue weighted by Crippen LogP contribution is 2.18. The summed E-state index contributed by atoms with van der Waals surface area (Å²) in [6.45, 7) is 5.54. The molecule has 3 aromatic carbocycles. The Hall–Kier alpha value is -4.17.